The Bertz CT molecular complexity index is 1180. The summed E-state index contributed by atoms with van der Waals surface area (Å²) in [5.41, 5.74) is 0.817. The maximum absolute atomic E-state index is 12.8. The lowest BCUT2D eigenvalue weighted by atomic mass is 10.2. The van der Waals surface area contributed by atoms with Crippen molar-refractivity contribution in [2.45, 2.75) is 6.92 Å². The molecule has 1 N–H and O–H groups in total. The molecule has 0 bridgehead atoms. The molecule has 3 aromatic rings. The second-order valence-electron chi connectivity index (χ2n) is 6.12. The van der Waals surface area contributed by atoms with Crippen molar-refractivity contribution in [3.63, 3.8) is 0 Å². The quantitative estimate of drug-likeness (QED) is 0.522. The Morgan fingerprint density at radius 2 is 1.90 bits per heavy atom. The molecule has 2 aromatic carbocycles. The van der Waals surface area contributed by atoms with Gasteiger partial charge in [-0.2, -0.15) is 9.78 Å². The summed E-state index contributed by atoms with van der Waals surface area (Å²) in [6, 6.07) is 8.45. The average molecular weight is 476 g/mol. The Morgan fingerprint density at radius 3 is 2.50 bits per heavy atom. The van der Waals surface area contributed by atoms with Crippen LogP contribution in [0.4, 0.5) is 0 Å². The maximum atomic E-state index is 12.8. The Labute approximate surface area is 179 Å². The van der Waals surface area contributed by atoms with Crippen LogP contribution < -0.4 is 19.8 Å². The molecule has 0 saturated carbocycles. The fourth-order valence-corrected chi connectivity index (χ4v) is 3.13. The summed E-state index contributed by atoms with van der Waals surface area (Å²) >= 11 is 3.35. The lowest BCUT2D eigenvalue weighted by Crippen LogP contribution is -2.20. The van der Waals surface area contributed by atoms with E-state index in [2.05, 4.69) is 26.0 Å². The van der Waals surface area contributed by atoms with Crippen LogP contribution in [0.25, 0.3) is 10.9 Å². The van der Waals surface area contributed by atoms with Crippen molar-refractivity contribution in [2.75, 3.05) is 20.8 Å². The lowest BCUT2D eigenvalue weighted by Gasteiger charge is -2.14. The molecule has 0 amide bonds. The number of aliphatic carboxylic acids is 1. The molecule has 30 heavy (non-hydrogen) atoms. The van der Waals surface area contributed by atoms with Gasteiger partial charge in [-0.15, -0.1) is 0 Å². The number of carboxylic acids is 1. The van der Waals surface area contributed by atoms with Gasteiger partial charge in [0.1, 0.15) is 5.82 Å². The largest absolute Gasteiger partial charge is 0.493 e. The fourth-order valence-electron chi connectivity index (χ4n) is 2.77. The molecule has 1 aromatic heterocycles. The van der Waals surface area contributed by atoms with Gasteiger partial charge in [0.2, 0.25) is 5.75 Å². The molecule has 0 aliphatic heterocycles. The van der Waals surface area contributed by atoms with E-state index in [-0.39, 0.29) is 22.8 Å². The van der Waals surface area contributed by atoms with Gasteiger partial charge in [-0.05, 0) is 37.3 Å². The van der Waals surface area contributed by atoms with Crippen molar-refractivity contribution in [3.05, 3.63) is 56.5 Å². The van der Waals surface area contributed by atoms with Gasteiger partial charge in [-0.1, -0.05) is 15.9 Å². The van der Waals surface area contributed by atoms with Gasteiger partial charge >= 0.3 is 5.97 Å². The topological polar surface area (TPSA) is 112 Å². The first-order chi connectivity index (χ1) is 14.3. The van der Waals surface area contributed by atoms with Crippen LogP contribution in [0.3, 0.4) is 0 Å². The van der Waals surface area contributed by atoms with Crippen LogP contribution >= 0.6 is 15.9 Å². The van der Waals surface area contributed by atoms with Gasteiger partial charge in [0, 0.05) is 10.0 Å². The molecule has 1 heterocycles. The smallest absolute Gasteiger partial charge is 0.341 e. The number of nitrogens with zero attached hydrogens (tertiary/aromatic N) is 3. The molecule has 10 heteroatoms. The first-order valence-corrected chi connectivity index (χ1v) is 9.47. The van der Waals surface area contributed by atoms with E-state index in [4.69, 9.17) is 19.3 Å². The predicted octanol–water partition coefficient (Wildman–Crippen LogP) is 2.83. The molecule has 9 nitrogen and oxygen atoms in total. The van der Waals surface area contributed by atoms with Crippen LogP contribution in [-0.4, -0.2) is 47.8 Å². The molecule has 0 fully saturated rings. The first-order valence-electron chi connectivity index (χ1n) is 8.68. The van der Waals surface area contributed by atoms with Gasteiger partial charge in [-0.25, -0.2) is 9.78 Å². The summed E-state index contributed by atoms with van der Waals surface area (Å²) in [5.74, 6) is -0.0186. The number of methoxy groups -OCH3 is 2. The van der Waals surface area contributed by atoms with E-state index in [1.807, 2.05) is 6.07 Å². The summed E-state index contributed by atoms with van der Waals surface area (Å²) in [7, 11) is 2.84. The minimum atomic E-state index is -1.13. The summed E-state index contributed by atoms with van der Waals surface area (Å²) < 4.78 is 17.8. The molecule has 3 rings (SSSR count). The number of aryl methyl sites for hydroxylation is 1. The van der Waals surface area contributed by atoms with Crippen LogP contribution in [0.1, 0.15) is 11.4 Å². The van der Waals surface area contributed by atoms with E-state index in [1.54, 1.807) is 31.2 Å². The molecule has 0 saturated heterocycles. The summed E-state index contributed by atoms with van der Waals surface area (Å²) in [5, 5.41) is 13.5. The van der Waals surface area contributed by atoms with Crippen LogP contribution in [0, 0.1) is 6.92 Å². The molecule has 0 radical (unpaired) electrons. The van der Waals surface area contributed by atoms with Crippen molar-refractivity contribution in [1.29, 1.82) is 0 Å². The third kappa shape index (κ3) is 4.43. The van der Waals surface area contributed by atoms with E-state index >= 15 is 0 Å². The maximum Gasteiger partial charge on any atom is 0.341 e. The number of hydrogen-bond donors (Lipinski definition) is 1. The Balaban J connectivity index is 2.04. The highest BCUT2D eigenvalue weighted by molar-refractivity contribution is 9.10. The third-order valence-corrected chi connectivity index (χ3v) is 4.61. The summed E-state index contributed by atoms with van der Waals surface area (Å²) in [4.78, 5) is 28.1. The molecule has 0 unspecified atom stereocenters. The number of rotatable bonds is 7. The first kappa shape index (κ1) is 21.3. The van der Waals surface area contributed by atoms with E-state index in [1.165, 1.54) is 25.1 Å². The molecule has 0 atom stereocenters. The van der Waals surface area contributed by atoms with Crippen LogP contribution in [0.5, 0.6) is 17.2 Å². The van der Waals surface area contributed by atoms with Crippen molar-refractivity contribution in [2.24, 2.45) is 5.10 Å². The third-order valence-electron chi connectivity index (χ3n) is 4.12. The molecule has 0 spiro atoms. The van der Waals surface area contributed by atoms with E-state index in [9.17, 15) is 9.59 Å². The van der Waals surface area contributed by atoms with E-state index in [0.717, 1.165) is 4.47 Å². The number of hydrogen-bond acceptors (Lipinski definition) is 7. The normalized spacial score (nSPS) is 11.1. The monoisotopic (exact) mass is 475 g/mol. The van der Waals surface area contributed by atoms with Gasteiger partial charge in [0.15, 0.2) is 18.1 Å². The Kier molecular flexibility index (Phi) is 6.36. The zero-order valence-electron chi connectivity index (χ0n) is 16.4. The number of aromatic nitrogens is 2. The Morgan fingerprint density at radius 1 is 1.23 bits per heavy atom. The number of ether oxygens (including phenoxy) is 3. The number of carbonyl (C=O) groups is 1. The van der Waals surface area contributed by atoms with Crippen molar-refractivity contribution >= 4 is 39.0 Å². The van der Waals surface area contributed by atoms with Gasteiger partial charge < -0.3 is 19.3 Å². The Hall–Kier alpha value is -3.40. The van der Waals surface area contributed by atoms with E-state index < -0.39 is 12.6 Å². The van der Waals surface area contributed by atoms with Crippen molar-refractivity contribution < 1.29 is 24.1 Å². The average Bonchev–Trinajstić information content (AvgIpc) is 2.72. The molecule has 0 aliphatic carbocycles. The van der Waals surface area contributed by atoms with Gasteiger partial charge in [0.05, 0.1) is 31.3 Å². The highest BCUT2D eigenvalue weighted by Crippen LogP contribution is 2.38. The molecular formula is C20H18BrN3O6. The molecule has 156 valence electrons. The minimum Gasteiger partial charge on any atom is -0.493 e. The molecular weight excluding hydrogens is 458 g/mol. The summed E-state index contributed by atoms with van der Waals surface area (Å²) in [6.07, 6.45) is 1.45. The lowest BCUT2D eigenvalue weighted by molar-refractivity contribution is -0.139. The van der Waals surface area contributed by atoms with Crippen molar-refractivity contribution in [1.82, 2.24) is 9.66 Å². The number of fused-ring (bicyclic) bond motifs is 1. The van der Waals surface area contributed by atoms with Gasteiger partial charge in [-0.3, -0.25) is 4.79 Å². The fraction of sp³-hybridized carbons (Fsp3) is 0.200. The van der Waals surface area contributed by atoms with Crippen LogP contribution in [0.2, 0.25) is 0 Å². The number of halogens is 1. The second kappa shape index (κ2) is 8.95. The number of benzene rings is 2. The molecule has 0 aliphatic rings. The standard InChI is InChI=1S/C20H18BrN3O6/c1-11-23-15-5-4-13(21)8-14(15)20(27)24(11)22-9-12-6-16(28-2)19(17(7-12)29-3)30-10-18(25)26/h4-9H,10H2,1-3H3,(H,25,26). The minimum absolute atomic E-state index is 0.158. The van der Waals surface area contributed by atoms with Gasteiger partial charge in [0.25, 0.3) is 5.56 Å². The van der Waals surface area contributed by atoms with Crippen LogP contribution in [0.15, 0.2) is 44.7 Å². The van der Waals surface area contributed by atoms with E-state index in [0.29, 0.717) is 22.3 Å². The number of carboxylic acid groups (broad SMARTS) is 1. The highest BCUT2D eigenvalue weighted by Gasteiger charge is 2.15. The summed E-state index contributed by atoms with van der Waals surface area (Å²) in [6.45, 7) is 1.14. The van der Waals surface area contributed by atoms with Crippen LogP contribution in [-0.2, 0) is 4.79 Å². The zero-order valence-corrected chi connectivity index (χ0v) is 18.0. The van der Waals surface area contributed by atoms with Crippen molar-refractivity contribution in [3.8, 4) is 17.2 Å². The highest BCUT2D eigenvalue weighted by atomic mass is 79.9. The zero-order chi connectivity index (χ0) is 21.8. The second-order valence-corrected chi connectivity index (χ2v) is 7.03. The SMILES string of the molecule is COc1cc(C=Nn2c(C)nc3ccc(Br)cc3c2=O)cc(OC)c1OCC(=O)O. The predicted molar refractivity (Wildman–Crippen MR) is 114 cm³/mol.